The number of esters is 1. The van der Waals surface area contributed by atoms with Gasteiger partial charge < -0.3 is 24.3 Å². The zero-order valence-electron chi connectivity index (χ0n) is 13.5. The first-order chi connectivity index (χ1) is 12.4. The van der Waals surface area contributed by atoms with Gasteiger partial charge >= 0.3 is 12.3 Å². The number of fused-ring (bicyclic) bond motifs is 1. The lowest BCUT2D eigenvalue weighted by molar-refractivity contribution is -0.286. The summed E-state index contributed by atoms with van der Waals surface area (Å²) in [6, 6.07) is 10.1. The summed E-state index contributed by atoms with van der Waals surface area (Å²) in [5.74, 6) is -1.43. The molecule has 0 bridgehead atoms. The largest absolute Gasteiger partial charge is 0.586 e. The van der Waals surface area contributed by atoms with Crippen LogP contribution in [0.15, 0.2) is 42.5 Å². The van der Waals surface area contributed by atoms with Crippen molar-refractivity contribution in [3.63, 3.8) is 0 Å². The second-order valence-electron chi connectivity index (χ2n) is 5.15. The number of carbonyl (C=O) groups excluding carboxylic acids is 2. The number of amides is 1. The van der Waals surface area contributed by atoms with Crippen molar-refractivity contribution in [2.45, 2.75) is 6.29 Å². The summed E-state index contributed by atoms with van der Waals surface area (Å²) in [5, 5.41) is 2.41. The molecule has 0 saturated heterocycles. The molecule has 0 saturated carbocycles. The van der Waals surface area contributed by atoms with Gasteiger partial charge in [0.25, 0.3) is 5.91 Å². The van der Waals surface area contributed by atoms with Crippen molar-refractivity contribution in [1.29, 1.82) is 0 Å². The first-order valence-corrected chi connectivity index (χ1v) is 7.38. The third kappa shape index (κ3) is 3.82. The standard InChI is InChI=1S/C17H13F2NO6/c1-23-12-5-3-2-4-11(12)16(22)24-9-15(21)20-10-6-7-13-14(8-10)26-17(18,19)25-13/h2-8H,9H2,1H3,(H,20,21). The average Bonchev–Trinajstić information content (AvgIpc) is 2.92. The number of hydrogen-bond acceptors (Lipinski definition) is 6. The van der Waals surface area contributed by atoms with Crippen LogP contribution < -0.4 is 19.5 Å². The molecule has 1 amide bonds. The molecule has 7 nitrogen and oxygen atoms in total. The first-order valence-electron chi connectivity index (χ1n) is 7.38. The van der Waals surface area contributed by atoms with E-state index in [1.165, 1.54) is 31.4 Å². The molecule has 26 heavy (non-hydrogen) atoms. The Bertz CT molecular complexity index is 855. The van der Waals surface area contributed by atoms with Crippen LogP contribution >= 0.6 is 0 Å². The Labute approximate surface area is 146 Å². The maximum absolute atomic E-state index is 13.0. The zero-order valence-corrected chi connectivity index (χ0v) is 13.5. The molecule has 2 aromatic rings. The van der Waals surface area contributed by atoms with E-state index in [4.69, 9.17) is 9.47 Å². The summed E-state index contributed by atoms with van der Waals surface area (Å²) in [5.41, 5.74) is 0.358. The van der Waals surface area contributed by atoms with E-state index < -0.39 is 24.8 Å². The molecule has 0 radical (unpaired) electrons. The van der Waals surface area contributed by atoms with Crippen LogP contribution in [-0.2, 0) is 9.53 Å². The van der Waals surface area contributed by atoms with Gasteiger partial charge in [-0.2, -0.15) is 0 Å². The molecule has 0 aliphatic carbocycles. The van der Waals surface area contributed by atoms with Gasteiger partial charge in [0.1, 0.15) is 11.3 Å². The van der Waals surface area contributed by atoms with Crippen molar-refractivity contribution in [3.05, 3.63) is 48.0 Å². The molecule has 136 valence electrons. The lowest BCUT2D eigenvalue weighted by Gasteiger charge is -2.09. The maximum atomic E-state index is 13.0. The fourth-order valence-corrected chi connectivity index (χ4v) is 2.25. The normalized spacial score (nSPS) is 13.8. The highest BCUT2D eigenvalue weighted by atomic mass is 19.3. The highest BCUT2D eigenvalue weighted by Crippen LogP contribution is 2.42. The molecule has 0 unspecified atom stereocenters. The Morgan fingerprint density at radius 1 is 1.12 bits per heavy atom. The van der Waals surface area contributed by atoms with Gasteiger partial charge in [0, 0.05) is 11.8 Å². The van der Waals surface area contributed by atoms with E-state index in [9.17, 15) is 18.4 Å². The third-order valence-electron chi connectivity index (χ3n) is 3.35. The van der Waals surface area contributed by atoms with Gasteiger partial charge in [0.2, 0.25) is 0 Å². The average molecular weight is 365 g/mol. The lowest BCUT2D eigenvalue weighted by atomic mass is 10.2. The maximum Gasteiger partial charge on any atom is 0.586 e. The van der Waals surface area contributed by atoms with Crippen molar-refractivity contribution < 1.29 is 37.3 Å². The van der Waals surface area contributed by atoms with Gasteiger partial charge in [-0.05, 0) is 24.3 Å². The van der Waals surface area contributed by atoms with E-state index in [1.807, 2.05) is 0 Å². The molecule has 1 N–H and O–H groups in total. The van der Waals surface area contributed by atoms with E-state index in [-0.39, 0.29) is 22.7 Å². The van der Waals surface area contributed by atoms with Crippen LogP contribution in [0, 0.1) is 0 Å². The molecule has 1 aliphatic rings. The Morgan fingerprint density at radius 2 is 1.85 bits per heavy atom. The predicted octanol–water partition coefficient (Wildman–Crippen LogP) is 2.81. The number of nitrogens with one attached hydrogen (secondary N) is 1. The van der Waals surface area contributed by atoms with E-state index >= 15 is 0 Å². The minimum atomic E-state index is -3.74. The van der Waals surface area contributed by atoms with E-state index in [0.717, 1.165) is 0 Å². The third-order valence-corrected chi connectivity index (χ3v) is 3.35. The topological polar surface area (TPSA) is 83.1 Å². The molecule has 3 rings (SSSR count). The van der Waals surface area contributed by atoms with Crippen molar-refractivity contribution in [2.24, 2.45) is 0 Å². The minimum absolute atomic E-state index is 0.143. The molecular formula is C17H13F2NO6. The predicted molar refractivity (Wildman–Crippen MR) is 84.6 cm³/mol. The van der Waals surface area contributed by atoms with Crippen LogP contribution in [0.4, 0.5) is 14.5 Å². The highest BCUT2D eigenvalue weighted by molar-refractivity contribution is 5.96. The molecule has 9 heteroatoms. The van der Waals surface area contributed by atoms with Gasteiger partial charge in [0.05, 0.1) is 7.11 Å². The molecule has 1 aliphatic heterocycles. The van der Waals surface area contributed by atoms with Crippen LogP contribution in [0.5, 0.6) is 17.2 Å². The Balaban J connectivity index is 1.58. The number of hydrogen-bond donors (Lipinski definition) is 1. The molecule has 2 aromatic carbocycles. The first kappa shape index (κ1) is 17.5. The van der Waals surface area contributed by atoms with Crippen molar-refractivity contribution >= 4 is 17.6 Å². The smallest absolute Gasteiger partial charge is 0.496 e. The summed E-state index contributed by atoms with van der Waals surface area (Å²) in [6.45, 7) is -0.568. The Kier molecular flexibility index (Phi) is 4.61. The molecule has 0 atom stereocenters. The summed E-state index contributed by atoms with van der Waals surface area (Å²) >= 11 is 0. The van der Waals surface area contributed by atoms with Crippen LogP contribution in [0.25, 0.3) is 0 Å². The van der Waals surface area contributed by atoms with Crippen molar-refractivity contribution in [2.75, 3.05) is 19.0 Å². The van der Waals surface area contributed by atoms with Crippen LogP contribution in [0.1, 0.15) is 10.4 Å². The summed E-state index contributed by atoms with van der Waals surface area (Å²) < 4.78 is 44.4. The molecule has 0 fully saturated rings. The highest BCUT2D eigenvalue weighted by Gasteiger charge is 2.43. The fraction of sp³-hybridized carbons (Fsp3) is 0.176. The second kappa shape index (κ2) is 6.87. The number of alkyl halides is 2. The molecule has 1 heterocycles. The Hall–Kier alpha value is -3.36. The summed E-state index contributed by atoms with van der Waals surface area (Å²) in [7, 11) is 1.40. The number of methoxy groups -OCH3 is 1. The van der Waals surface area contributed by atoms with E-state index in [1.54, 1.807) is 18.2 Å². The number of benzene rings is 2. The summed E-state index contributed by atoms with van der Waals surface area (Å²) in [6.07, 6.45) is -3.74. The monoisotopic (exact) mass is 365 g/mol. The number of rotatable bonds is 5. The number of ether oxygens (including phenoxy) is 4. The second-order valence-corrected chi connectivity index (χ2v) is 5.15. The summed E-state index contributed by atoms with van der Waals surface area (Å²) in [4.78, 5) is 23.9. The number of halogens is 2. The van der Waals surface area contributed by atoms with Gasteiger partial charge in [0.15, 0.2) is 18.1 Å². The van der Waals surface area contributed by atoms with Crippen LogP contribution in [0.3, 0.4) is 0 Å². The minimum Gasteiger partial charge on any atom is -0.496 e. The zero-order chi connectivity index (χ0) is 18.7. The van der Waals surface area contributed by atoms with E-state index in [0.29, 0.717) is 5.75 Å². The van der Waals surface area contributed by atoms with Gasteiger partial charge in [-0.15, -0.1) is 8.78 Å². The van der Waals surface area contributed by atoms with E-state index in [2.05, 4.69) is 14.8 Å². The van der Waals surface area contributed by atoms with Crippen LogP contribution in [0.2, 0.25) is 0 Å². The van der Waals surface area contributed by atoms with Gasteiger partial charge in [-0.3, -0.25) is 4.79 Å². The SMILES string of the molecule is COc1ccccc1C(=O)OCC(=O)Nc1ccc2c(c1)OC(F)(F)O2. The lowest BCUT2D eigenvalue weighted by Crippen LogP contribution is -2.25. The quantitative estimate of drug-likeness (QED) is 0.821. The van der Waals surface area contributed by atoms with Crippen molar-refractivity contribution in [3.8, 4) is 17.2 Å². The van der Waals surface area contributed by atoms with Gasteiger partial charge in [-0.1, -0.05) is 12.1 Å². The van der Waals surface area contributed by atoms with Crippen molar-refractivity contribution in [1.82, 2.24) is 0 Å². The molecular weight excluding hydrogens is 352 g/mol. The Morgan fingerprint density at radius 3 is 2.62 bits per heavy atom. The molecule has 0 spiro atoms. The van der Waals surface area contributed by atoms with Gasteiger partial charge in [-0.25, -0.2) is 4.79 Å². The number of anilines is 1. The number of carbonyl (C=O) groups is 2. The molecule has 0 aromatic heterocycles. The number of para-hydroxylation sites is 1. The van der Waals surface area contributed by atoms with Crippen LogP contribution in [-0.4, -0.2) is 31.9 Å². The fourth-order valence-electron chi connectivity index (χ4n) is 2.25.